The summed E-state index contributed by atoms with van der Waals surface area (Å²) in [6, 6.07) is 6.86. The zero-order valence-electron chi connectivity index (χ0n) is 23.3. The van der Waals surface area contributed by atoms with Gasteiger partial charge in [0, 0.05) is 24.0 Å². The minimum absolute atomic E-state index is 0.106. The van der Waals surface area contributed by atoms with E-state index in [1.54, 1.807) is 0 Å². The molecule has 2 aliphatic rings. The molecule has 1 N–H and O–H groups in total. The molecule has 0 aliphatic heterocycles. The molecule has 0 saturated carbocycles. The van der Waals surface area contributed by atoms with Gasteiger partial charge in [0.2, 0.25) is 0 Å². The highest BCUT2D eigenvalue weighted by molar-refractivity contribution is 6.74. The van der Waals surface area contributed by atoms with Crippen molar-refractivity contribution in [2.24, 2.45) is 11.3 Å². The Labute approximate surface area is 212 Å². The maximum absolute atomic E-state index is 11.6. The average Bonchev–Trinajstić information content (AvgIpc) is 3.14. The topological polar surface area (TPSA) is 38.7 Å². The summed E-state index contributed by atoms with van der Waals surface area (Å²) in [6.45, 7) is 18.7. The van der Waals surface area contributed by atoms with E-state index in [1.165, 1.54) is 18.1 Å². The van der Waals surface area contributed by atoms with Crippen LogP contribution in [0.4, 0.5) is 0 Å². The van der Waals surface area contributed by atoms with E-state index in [2.05, 4.69) is 85.1 Å². The van der Waals surface area contributed by atoms with Crippen LogP contribution in [0.15, 0.2) is 11.6 Å². The minimum atomic E-state index is -1.77. The van der Waals surface area contributed by atoms with Crippen LogP contribution >= 0.6 is 0 Å². The van der Waals surface area contributed by atoms with E-state index in [4.69, 9.17) is 8.85 Å². The monoisotopic (exact) mass is 502 g/mol. The van der Waals surface area contributed by atoms with Crippen molar-refractivity contribution >= 4 is 16.6 Å². The molecule has 2 aliphatic carbocycles. The van der Waals surface area contributed by atoms with Crippen molar-refractivity contribution in [2.75, 3.05) is 6.61 Å². The Bertz CT molecular complexity index is 801. The largest absolute Gasteiger partial charge is 0.417 e. The van der Waals surface area contributed by atoms with Crippen molar-refractivity contribution in [3.05, 3.63) is 11.6 Å². The Morgan fingerprint density at radius 3 is 2.09 bits per heavy atom. The number of hydrogen-bond donors (Lipinski definition) is 1. The van der Waals surface area contributed by atoms with Crippen molar-refractivity contribution in [1.82, 2.24) is 0 Å². The van der Waals surface area contributed by atoms with Crippen molar-refractivity contribution in [3.8, 4) is 23.7 Å². The van der Waals surface area contributed by atoms with Gasteiger partial charge in [-0.15, -0.1) is 0 Å². The van der Waals surface area contributed by atoms with Gasteiger partial charge in [0.1, 0.15) is 11.7 Å². The predicted molar refractivity (Wildman–Crippen MR) is 150 cm³/mol. The zero-order valence-corrected chi connectivity index (χ0v) is 25.3. The van der Waals surface area contributed by atoms with Gasteiger partial charge in [-0.05, 0) is 75.3 Å². The average molecular weight is 503 g/mol. The third kappa shape index (κ3) is 7.34. The molecular weight excluding hydrogens is 452 g/mol. The highest BCUT2D eigenvalue weighted by Gasteiger charge is 2.40. The highest BCUT2D eigenvalue weighted by Crippen LogP contribution is 2.39. The molecule has 0 aromatic heterocycles. The zero-order chi connectivity index (χ0) is 25.5. The van der Waals surface area contributed by atoms with Crippen molar-refractivity contribution in [2.45, 2.75) is 129 Å². The Morgan fingerprint density at radius 1 is 0.941 bits per heavy atom. The fourth-order valence-electron chi connectivity index (χ4n) is 5.47. The Hall–Kier alpha value is -0.826. The lowest BCUT2D eigenvalue weighted by molar-refractivity contribution is 0.0767. The molecule has 0 amide bonds. The smallest absolute Gasteiger partial charge is 0.193 e. The first-order valence-electron chi connectivity index (χ1n) is 13.8. The van der Waals surface area contributed by atoms with Crippen molar-refractivity contribution in [3.63, 3.8) is 0 Å². The fourth-order valence-corrected chi connectivity index (χ4v) is 10.9. The van der Waals surface area contributed by atoms with Gasteiger partial charge in [-0.25, -0.2) is 0 Å². The van der Waals surface area contributed by atoms with Crippen LogP contribution in [-0.4, -0.2) is 40.1 Å². The molecule has 0 radical (unpaired) electrons. The van der Waals surface area contributed by atoms with Gasteiger partial charge in [-0.1, -0.05) is 71.3 Å². The second-order valence-electron chi connectivity index (χ2n) is 11.1. The second kappa shape index (κ2) is 12.4. The van der Waals surface area contributed by atoms with Crippen molar-refractivity contribution < 1.29 is 14.0 Å². The molecule has 34 heavy (non-hydrogen) atoms. The molecular formula is C29H50O3Si2. The molecule has 2 rings (SSSR count). The van der Waals surface area contributed by atoms with Gasteiger partial charge in [0.05, 0.1) is 0 Å². The van der Waals surface area contributed by atoms with E-state index >= 15 is 0 Å². The summed E-state index contributed by atoms with van der Waals surface area (Å²) >= 11 is 0. The maximum Gasteiger partial charge on any atom is 0.193 e. The van der Waals surface area contributed by atoms with Crippen LogP contribution in [0.5, 0.6) is 0 Å². The van der Waals surface area contributed by atoms with E-state index in [-0.39, 0.29) is 11.5 Å². The van der Waals surface area contributed by atoms with Crippen LogP contribution in [0.2, 0.25) is 36.3 Å². The summed E-state index contributed by atoms with van der Waals surface area (Å²) in [4.78, 5) is 0. The van der Waals surface area contributed by atoms with E-state index in [1.807, 2.05) is 0 Å². The van der Waals surface area contributed by atoms with Crippen LogP contribution in [0.1, 0.15) is 81.1 Å². The number of fused-ring (bicyclic) bond motifs is 1. The highest BCUT2D eigenvalue weighted by atomic mass is 28.4. The number of hydrogen-bond acceptors (Lipinski definition) is 3. The van der Waals surface area contributed by atoms with Gasteiger partial charge >= 0.3 is 0 Å². The van der Waals surface area contributed by atoms with Crippen molar-refractivity contribution in [1.29, 1.82) is 0 Å². The molecule has 0 saturated heterocycles. The summed E-state index contributed by atoms with van der Waals surface area (Å²) in [7, 11) is -3.34. The molecule has 3 atom stereocenters. The Balaban J connectivity index is 2.19. The standard InChI is InChI=1S/C29H50O3Si2/c1-9-33(10-2,11-3)31-21-18-25-22-26-17-20-28(7,8)24-27(16-15-19-29(26,30)23-25)32-34(12-4,13-5)14-6/h22,25,27,30H,9-14,18-19,21,23-24H2,1-8H3. The first-order valence-corrected chi connectivity index (χ1v) is 18.9. The molecule has 192 valence electrons. The third-order valence-electron chi connectivity index (χ3n) is 8.53. The van der Waals surface area contributed by atoms with Gasteiger partial charge in [0.15, 0.2) is 16.6 Å². The van der Waals surface area contributed by atoms with E-state index in [0.717, 1.165) is 43.2 Å². The first-order chi connectivity index (χ1) is 16.0. The van der Waals surface area contributed by atoms with Crippen LogP contribution < -0.4 is 0 Å². The first kappa shape index (κ1) is 29.4. The van der Waals surface area contributed by atoms with Crippen LogP contribution in [0, 0.1) is 35.0 Å². The summed E-state index contributed by atoms with van der Waals surface area (Å²) in [5.41, 5.74) is -0.306. The lowest BCUT2D eigenvalue weighted by atomic mass is 9.84. The van der Waals surface area contributed by atoms with Gasteiger partial charge in [0.25, 0.3) is 0 Å². The van der Waals surface area contributed by atoms with E-state index in [9.17, 15) is 5.11 Å². The van der Waals surface area contributed by atoms with E-state index < -0.39 is 22.2 Å². The Morgan fingerprint density at radius 2 is 1.53 bits per heavy atom. The molecule has 0 spiro atoms. The molecule has 3 nitrogen and oxygen atoms in total. The third-order valence-corrected chi connectivity index (χ3v) is 17.9. The lowest BCUT2D eigenvalue weighted by Gasteiger charge is -2.34. The van der Waals surface area contributed by atoms with Crippen LogP contribution in [-0.2, 0) is 8.85 Å². The summed E-state index contributed by atoms with van der Waals surface area (Å²) < 4.78 is 13.3. The van der Waals surface area contributed by atoms with Crippen LogP contribution in [0.3, 0.4) is 0 Å². The summed E-state index contributed by atoms with van der Waals surface area (Å²) in [5.74, 6) is 14.0. The fraction of sp³-hybridized carbons (Fsp3) is 0.793. The number of allylic oxidation sites excluding steroid dienone is 1. The second-order valence-corrected chi connectivity index (χ2v) is 20.6. The predicted octanol–water partition coefficient (Wildman–Crippen LogP) is 7.29. The molecule has 5 heteroatoms. The molecule has 0 heterocycles. The SMILES string of the molecule is CC[Si](CC)(CC)OCCC1C=C2C#CC(C)(C)CC(O[Si](CC)(CC)CC)C#CCC2(O)C1. The molecule has 0 aromatic carbocycles. The quantitative estimate of drug-likeness (QED) is 0.225. The summed E-state index contributed by atoms with van der Waals surface area (Å²) in [5, 5.41) is 11.6. The number of rotatable bonds is 12. The molecule has 3 unspecified atom stereocenters. The van der Waals surface area contributed by atoms with E-state index in [0.29, 0.717) is 18.8 Å². The van der Waals surface area contributed by atoms with Gasteiger partial charge in [-0.2, -0.15) is 0 Å². The van der Waals surface area contributed by atoms with Gasteiger partial charge in [-0.3, -0.25) is 0 Å². The molecule has 0 fully saturated rings. The summed E-state index contributed by atoms with van der Waals surface area (Å²) in [6.07, 6.45) is 4.98. The minimum Gasteiger partial charge on any atom is -0.417 e. The maximum atomic E-state index is 11.6. The van der Waals surface area contributed by atoms with Gasteiger partial charge < -0.3 is 14.0 Å². The normalized spacial score (nSPS) is 26.6. The Kier molecular flexibility index (Phi) is 10.7. The molecule has 0 aromatic rings. The molecule has 0 bridgehead atoms. The lowest BCUT2D eigenvalue weighted by Crippen LogP contribution is -2.41. The van der Waals surface area contributed by atoms with Crippen LogP contribution in [0.25, 0.3) is 0 Å². The number of aliphatic hydroxyl groups is 1.